The average molecular weight is 247 g/mol. The fourth-order valence-electron chi connectivity index (χ4n) is 2.32. The zero-order valence-corrected chi connectivity index (χ0v) is 11.1. The first-order valence-electron chi connectivity index (χ1n) is 6.60. The predicted molar refractivity (Wildman–Crippen MR) is 82.2 cm³/mol. The first-order valence-corrected chi connectivity index (χ1v) is 6.60. The number of benzene rings is 2. The molecular weight excluding hydrogens is 230 g/mol. The maximum Gasteiger partial charge on any atom is 0.0485 e. The van der Waals surface area contributed by atoms with Crippen LogP contribution in [-0.4, -0.2) is 4.57 Å². The molecular formula is C18H17N. The third-order valence-corrected chi connectivity index (χ3v) is 3.34. The van der Waals surface area contributed by atoms with Gasteiger partial charge in [0.1, 0.15) is 0 Å². The number of allylic oxidation sites excluding steroid dienone is 1. The van der Waals surface area contributed by atoms with Gasteiger partial charge in [0.15, 0.2) is 0 Å². The molecule has 0 aliphatic heterocycles. The third kappa shape index (κ3) is 2.60. The zero-order valence-electron chi connectivity index (χ0n) is 11.1. The highest BCUT2D eigenvalue weighted by Crippen LogP contribution is 2.17. The Bertz CT molecular complexity index is 705. The highest BCUT2D eigenvalue weighted by molar-refractivity contribution is 5.80. The Balaban J connectivity index is 1.82. The minimum Gasteiger partial charge on any atom is -0.344 e. The molecule has 0 radical (unpaired) electrons. The van der Waals surface area contributed by atoms with Crippen molar-refractivity contribution in [3.63, 3.8) is 0 Å². The molecule has 0 amide bonds. The summed E-state index contributed by atoms with van der Waals surface area (Å²) in [7, 11) is 0. The number of hydrogen-bond donors (Lipinski definition) is 0. The lowest BCUT2D eigenvalue weighted by atomic mass is 10.2. The average Bonchev–Trinajstić information content (AvgIpc) is 2.83. The van der Waals surface area contributed by atoms with Crippen LogP contribution >= 0.6 is 0 Å². The second kappa shape index (κ2) is 5.15. The lowest BCUT2D eigenvalue weighted by Crippen LogP contribution is -1.92. The van der Waals surface area contributed by atoms with E-state index in [4.69, 9.17) is 0 Å². The van der Waals surface area contributed by atoms with E-state index < -0.39 is 0 Å². The van der Waals surface area contributed by atoms with E-state index in [1.807, 2.05) is 6.07 Å². The van der Waals surface area contributed by atoms with Crippen LogP contribution in [0.5, 0.6) is 0 Å². The normalized spacial score (nSPS) is 11.4. The Morgan fingerprint density at radius 3 is 2.68 bits per heavy atom. The van der Waals surface area contributed by atoms with Crippen LogP contribution in [0.3, 0.4) is 0 Å². The molecule has 0 aliphatic carbocycles. The van der Waals surface area contributed by atoms with Crippen molar-refractivity contribution in [3.05, 3.63) is 78.0 Å². The van der Waals surface area contributed by atoms with Gasteiger partial charge in [0, 0.05) is 18.3 Å². The number of aryl methyl sites for hydroxylation is 1. The van der Waals surface area contributed by atoms with Gasteiger partial charge in [-0.05, 0) is 35.6 Å². The molecule has 1 aromatic heterocycles. The SMILES string of the molecule is Cc1ccc2ccn(C/C=C/c3ccccc3)c2c1. The van der Waals surface area contributed by atoms with E-state index in [1.54, 1.807) is 0 Å². The van der Waals surface area contributed by atoms with E-state index >= 15 is 0 Å². The first kappa shape index (κ1) is 11.8. The monoisotopic (exact) mass is 247 g/mol. The molecule has 1 heteroatoms. The lowest BCUT2D eigenvalue weighted by molar-refractivity contribution is 0.866. The highest BCUT2D eigenvalue weighted by atomic mass is 14.9. The molecule has 3 rings (SSSR count). The van der Waals surface area contributed by atoms with Gasteiger partial charge in [-0.3, -0.25) is 0 Å². The first-order chi connectivity index (χ1) is 9.33. The Morgan fingerprint density at radius 1 is 1.00 bits per heavy atom. The van der Waals surface area contributed by atoms with Crippen LogP contribution in [0.25, 0.3) is 17.0 Å². The number of aromatic nitrogens is 1. The van der Waals surface area contributed by atoms with E-state index in [2.05, 4.69) is 78.4 Å². The van der Waals surface area contributed by atoms with Crippen LogP contribution in [-0.2, 0) is 6.54 Å². The fourth-order valence-corrected chi connectivity index (χ4v) is 2.32. The molecule has 0 bridgehead atoms. The number of fused-ring (bicyclic) bond motifs is 1. The Hall–Kier alpha value is -2.28. The van der Waals surface area contributed by atoms with E-state index in [9.17, 15) is 0 Å². The van der Waals surface area contributed by atoms with Gasteiger partial charge >= 0.3 is 0 Å². The highest BCUT2D eigenvalue weighted by Gasteiger charge is 1.99. The molecule has 0 aliphatic rings. The van der Waals surface area contributed by atoms with E-state index in [0.29, 0.717) is 0 Å². The minimum absolute atomic E-state index is 0.905. The van der Waals surface area contributed by atoms with Crippen LogP contribution in [0.1, 0.15) is 11.1 Å². The van der Waals surface area contributed by atoms with Gasteiger partial charge in [-0.2, -0.15) is 0 Å². The van der Waals surface area contributed by atoms with Crippen molar-refractivity contribution in [2.45, 2.75) is 13.5 Å². The smallest absolute Gasteiger partial charge is 0.0485 e. The summed E-state index contributed by atoms with van der Waals surface area (Å²) in [5.41, 5.74) is 3.85. The zero-order chi connectivity index (χ0) is 13.1. The molecule has 0 unspecified atom stereocenters. The van der Waals surface area contributed by atoms with Gasteiger partial charge in [-0.1, -0.05) is 54.6 Å². The summed E-state index contributed by atoms with van der Waals surface area (Å²) in [6.07, 6.45) is 6.53. The van der Waals surface area contributed by atoms with Gasteiger partial charge in [0.25, 0.3) is 0 Å². The number of nitrogens with zero attached hydrogens (tertiary/aromatic N) is 1. The van der Waals surface area contributed by atoms with Crippen LogP contribution in [0.4, 0.5) is 0 Å². The lowest BCUT2D eigenvalue weighted by Gasteiger charge is -2.02. The molecule has 2 aromatic carbocycles. The Labute approximate surface area is 113 Å². The summed E-state index contributed by atoms with van der Waals surface area (Å²) in [5, 5.41) is 1.30. The summed E-state index contributed by atoms with van der Waals surface area (Å²) in [5.74, 6) is 0. The summed E-state index contributed by atoms with van der Waals surface area (Å²) in [6, 6.07) is 19.2. The van der Waals surface area contributed by atoms with Gasteiger partial charge < -0.3 is 4.57 Å². The third-order valence-electron chi connectivity index (χ3n) is 3.34. The maximum atomic E-state index is 2.28. The second-order valence-electron chi connectivity index (χ2n) is 4.84. The predicted octanol–water partition coefficient (Wildman–Crippen LogP) is 4.66. The van der Waals surface area contributed by atoms with Gasteiger partial charge in [0.05, 0.1) is 0 Å². The van der Waals surface area contributed by atoms with E-state index in [1.165, 1.54) is 22.0 Å². The molecule has 1 heterocycles. The van der Waals surface area contributed by atoms with Crippen LogP contribution in [0, 0.1) is 6.92 Å². The van der Waals surface area contributed by atoms with Crippen LogP contribution in [0.2, 0.25) is 0 Å². The van der Waals surface area contributed by atoms with Crippen molar-refractivity contribution in [2.24, 2.45) is 0 Å². The van der Waals surface area contributed by atoms with Crippen molar-refractivity contribution < 1.29 is 0 Å². The summed E-state index contributed by atoms with van der Waals surface area (Å²) in [4.78, 5) is 0. The van der Waals surface area contributed by atoms with Crippen molar-refractivity contribution in [1.29, 1.82) is 0 Å². The molecule has 0 saturated carbocycles. The van der Waals surface area contributed by atoms with Crippen molar-refractivity contribution in [2.75, 3.05) is 0 Å². The quantitative estimate of drug-likeness (QED) is 0.634. The molecule has 94 valence electrons. The van der Waals surface area contributed by atoms with Crippen molar-refractivity contribution in [3.8, 4) is 0 Å². The molecule has 0 N–H and O–H groups in total. The molecule has 0 spiro atoms. The fraction of sp³-hybridized carbons (Fsp3) is 0.111. The maximum absolute atomic E-state index is 2.28. The molecule has 3 aromatic rings. The molecule has 0 fully saturated rings. The van der Waals surface area contributed by atoms with Gasteiger partial charge in [0.2, 0.25) is 0 Å². The summed E-state index contributed by atoms with van der Waals surface area (Å²) >= 11 is 0. The van der Waals surface area contributed by atoms with E-state index in [-0.39, 0.29) is 0 Å². The van der Waals surface area contributed by atoms with Crippen molar-refractivity contribution >= 4 is 17.0 Å². The topological polar surface area (TPSA) is 4.93 Å². The van der Waals surface area contributed by atoms with Crippen molar-refractivity contribution in [1.82, 2.24) is 4.57 Å². The van der Waals surface area contributed by atoms with Crippen LogP contribution in [0.15, 0.2) is 66.9 Å². The summed E-state index contributed by atoms with van der Waals surface area (Å²) in [6.45, 7) is 3.04. The van der Waals surface area contributed by atoms with Gasteiger partial charge in [-0.25, -0.2) is 0 Å². The Morgan fingerprint density at radius 2 is 1.84 bits per heavy atom. The van der Waals surface area contributed by atoms with E-state index in [0.717, 1.165) is 6.54 Å². The minimum atomic E-state index is 0.905. The van der Waals surface area contributed by atoms with Gasteiger partial charge in [-0.15, -0.1) is 0 Å². The Kier molecular flexibility index (Phi) is 3.20. The molecule has 1 nitrogen and oxygen atoms in total. The largest absolute Gasteiger partial charge is 0.344 e. The number of rotatable bonds is 3. The van der Waals surface area contributed by atoms with Crippen LogP contribution < -0.4 is 0 Å². The molecule has 0 atom stereocenters. The standard InChI is InChI=1S/C18H17N/c1-15-9-10-17-11-13-19(18(17)14-15)12-5-8-16-6-3-2-4-7-16/h2-11,13-14H,12H2,1H3/b8-5+. The molecule has 19 heavy (non-hydrogen) atoms. The second-order valence-corrected chi connectivity index (χ2v) is 4.84. The summed E-state index contributed by atoms with van der Waals surface area (Å²) < 4.78 is 2.28. The molecule has 0 saturated heterocycles. The number of hydrogen-bond acceptors (Lipinski definition) is 0.